The first-order valence-electron chi connectivity index (χ1n) is 9.94. The van der Waals surface area contributed by atoms with Crippen LogP contribution < -0.4 is 10.6 Å². The maximum Gasteiger partial charge on any atom is 0.255 e. The number of nitrogens with one attached hydrogen (secondary N) is 2. The molecule has 3 aromatic carbocycles. The fourth-order valence-electron chi connectivity index (χ4n) is 3.21. The van der Waals surface area contributed by atoms with E-state index < -0.39 is 0 Å². The second-order valence-corrected chi connectivity index (χ2v) is 6.99. The van der Waals surface area contributed by atoms with Gasteiger partial charge in [-0.1, -0.05) is 60.7 Å². The summed E-state index contributed by atoms with van der Waals surface area (Å²) < 4.78 is 0. The minimum atomic E-state index is -0.271. The molecule has 0 aliphatic carbocycles. The zero-order valence-corrected chi connectivity index (χ0v) is 16.8. The van der Waals surface area contributed by atoms with Gasteiger partial charge in [0.25, 0.3) is 11.8 Å². The van der Waals surface area contributed by atoms with E-state index in [1.165, 1.54) is 0 Å². The molecule has 0 saturated carbocycles. The summed E-state index contributed by atoms with van der Waals surface area (Å²) in [5.74, 6) is -0.536. The predicted molar refractivity (Wildman–Crippen MR) is 122 cm³/mol. The third kappa shape index (κ3) is 5.03. The normalized spacial score (nSPS) is 10.3. The number of hydrogen-bond acceptors (Lipinski definition) is 3. The molecule has 1 aromatic heterocycles. The van der Waals surface area contributed by atoms with Crippen molar-refractivity contribution in [2.75, 3.05) is 5.32 Å². The second kappa shape index (κ2) is 9.50. The number of anilines is 1. The van der Waals surface area contributed by atoms with Gasteiger partial charge in [-0.25, -0.2) is 0 Å². The Labute approximate surface area is 180 Å². The van der Waals surface area contributed by atoms with Crippen LogP contribution in [0.2, 0.25) is 0 Å². The van der Waals surface area contributed by atoms with Crippen molar-refractivity contribution in [3.63, 3.8) is 0 Å². The largest absolute Gasteiger partial charge is 0.348 e. The summed E-state index contributed by atoms with van der Waals surface area (Å²) in [6, 6.07) is 28.0. The Hall–Kier alpha value is -4.25. The number of pyridine rings is 1. The summed E-state index contributed by atoms with van der Waals surface area (Å²) in [5, 5.41) is 5.72. The van der Waals surface area contributed by atoms with Gasteiger partial charge >= 0.3 is 0 Å². The van der Waals surface area contributed by atoms with Gasteiger partial charge in [-0.3, -0.25) is 14.6 Å². The molecular weight excluding hydrogens is 386 g/mol. The van der Waals surface area contributed by atoms with E-state index in [1.54, 1.807) is 48.8 Å². The molecule has 0 atom stereocenters. The van der Waals surface area contributed by atoms with Gasteiger partial charge in [0.1, 0.15) is 0 Å². The Kier molecular flexibility index (Phi) is 6.14. The van der Waals surface area contributed by atoms with E-state index in [0.717, 1.165) is 16.7 Å². The molecule has 5 heteroatoms. The molecule has 152 valence electrons. The van der Waals surface area contributed by atoms with E-state index in [4.69, 9.17) is 0 Å². The standard InChI is InChI=1S/C26H21N3O2/c30-25(22-14-12-21(13-15-22)20-8-2-1-3-9-20)29-24-11-5-4-10-23(24)26(31)28-18-19-7-6-16-27-17-19/h1-17H,18H2,(H,28,31)(H,29,30). The van der Waals surface area contributed by atoms with E-state index in [1.807, 2.05) is 54.6 Å². The molecule has 0 aliphatic rings. The lowest BCUT2D eigenvalue weighted by atomic mass is 10.0. The molecular formula is C26H21N3O2. The second-order valence-electron chi connectivity index (χ2n) is 6.99. The first kappa shape index (κ1) is 20.0. The van der Waals surface area contributed by atoms with Crippen molar-refractivity contribution >= 4 is 17.5 Å². The van der Waals surface area contributed by atoms with Crippen LogP contribution in [0.1, 0.15) is 26.3 Å². The predicted octanol–water partition coefficient (Wildman–Crippen LogP) is 4.93. The van der Waals surface area contributed by atoms with Gasteiger partial charge in [-0.05, 0) is 47.0 Å². The molecule has 0 unspecified atom stereocenters. The van der Waals surface area contributed by atoms with E-state index in [2.05, 4.69) is 15.6 Å². The molecule has 2 N–H and O–H groups in total. The Morgan fingerprint density at radius 1 is 0.710 bits per heavy atom. The lowest BCUT2D eigenvalue weighted by Gasteiger charge is -2.12. The molecule has 0 saturated heterocycles. The van der Waals surface area contributed by atoms with Crippen LogP contribution in [0.25, 0.3) is 11.1 Å². The van der Waals surface area contributed by atoms with Crippen molar-refractivity contribution in [2.45, 2.75) is 6.54 Å². The van der Waals surface area contributed by atoms with Crippen LogP contribution in [-0.2, 0) is 6.54 Å². The Morgan fingerprint density at radius 2 is 1.42 bits per heavy atom. The third-order valence-electron chi connectivity index (χ3n) is 4.85. The number of para-hydroxylation sites is 1. The smallest absolute Gasteiger partial charge is 0.255 e. The van der Waals surface area contributed by atoms with Crippen LogP contribution in [0.3, 0.4) is 0 Å². The number of aromatic nitrogens is 1. The number of benzene rings is 3. The quantitative estimate of drug-likeness (QED) is 0.476. The summed E-state index contributed by atoms with van der Waals surface area (Å²) in [6.45, 7) is 0.357. The van der Waals surface area contributed by atoms with Crippen molar-refractivity contribution in [3.8, 4) is 11.1 Å². The van der Waals surface area contributed by atoms with Gasteiger partial charge in [0.2, 0.25) is 0 Å². The summed E-state index contributed by atoms with van der Waals surface area (Å²) in [4.78, 5) is 29.5. The Morgan fingerprint density at radius 3 is 2.16 bits per heavy atom. The molecule has 2 amide bonds. The molecule has 0 spiro atoms. The molecule has 4 aromatic rings. The van der Waals surface area contributed by atoms with Gasteiger partial charge < -0.3 is 10.6 Å². The van der Waals surface area contributed by atoms with Gasteiger partial charge in [0.05, 0.1) is 11.3 Å². The Balaban J connectivity index is 1.45. The summed E-state index contributed by atoms with van der Waals surface area (Å²) in [7, 11) is 0. The molecule has 31 heavy (non-hydrogen) atoms. The van der Waals surface area contributed by atoms with Crippen LogP contribution in [0.4, 0.5) is 5.69 Å². The highest BCUT2D eigenvalue weighted by atomic mass is 16.2. The molecule has 0 radical (unpaired) electrons. The zero-order chi connectivity index (χ0) is 21.5. The van der Waals surface area contributed by atoms with Gasteiger partial charge in [0, 0.05) is 24.5 Å². The summed E-state index contributed by atoms with van der Waals surface area (Å²) in [6.07, 6.45) is 3.38. The van der Waals surface area contributed by atoms with E-state index in [0.29, 0.717) is 23.4 Å². The number of carbonyl (C=O) groups is 2. The fraction of sp³-hybridized carbons (Fsp3) is 0.0385. The molecule has 4 rings (SSSR count). The summed E-state index contributed by atoms with van der Waals surface area (Å²) in [5.41, 5.74) is 4.41. The SMILES string of the molecule is O=C(Nc1ccccc1C(=O)NCc1cccnc1)c1ccc(-c2ccccc2)cc1. The highest BCUT2D eigenvalue weighted by molar-refractivity contribution is 6.09. The van der Waals surface area contributed by atoms with Gasteiger partial charge in [-0.2, -0.15) is 0 Å². The van der Waals surface area contributed by atoms with Crippen LogP contribution in [0.15, 0.2) is 103 Å². The van der Waals surface area contributed by atoms with Crippen molar-refractivity contribution in [1.82, 2.24) is 10.3 Å². The minimum absolute atomic E-state index is 0.265. The summed E-state index contributed by atoms with van der Waals surface area (Å²) >= 11 is 0. The maximum atomic E-state index is 12.8. The maximum absolute atomic E-state index is 12.8. The molecule has 1 heterocycles. The number of hydrogen-bond donors (Lipinski definition) is 2. The van der Waals surface area contributed by atoms with Crippen LogP contribution in [-0.4, -0.2) is 16.8 Å². The van der Waals surface area contributed by atoms with E-state index in [9.17, 15) is 9.59 Å². The minimum Gasteiger partial charge on any atom is -0.348 e. The Bertz CT molecular complexity index is 1170. The van der Waals surface area contributed by atoms with Crippen LogP contribution in [0.5, 0.6) is 0 Å². The highest BCUT2D eigenvalue weighted by Gasteiger charge is 2.14. The van der Waals surface area contributed by atoms with Gasteiger partial charge in [-0.15, -0.1) is 0 Å². The molecule has 0 fully saturated rings. The topological polar surface area (TPSA) is 71.1 Å². The average Bonchev–Trinajstić information content (AvgIpc) is 2.84. The highest BCUT2D eigenvalue weighted by Crippen LogP contribution is 2.21. The molecule has 0 aliphatic heterocycles. The number of nitrogens with zero attached hydrogens (tertiary/aromatic N) is 1. The monoisotopic (exact) mass is 407 g/mol. The lowest BCUT2D eigenvalue weighted by molar-refractivity contribution is 0.0951. The average molecular weight is 407 g/mol. The zero-order valence-electron chi connectivity index (χ0n) is 16.8. The first-order valence-corrected chi connectivity index (χ1v) is 9.94. The van der Waals surface area contributed by atoms with Crippen molar-refractivity contribution < 1.29 is 9.59 Å². The van der Waals surface area contributed by atoms with Crippen LogP contribution >= 0.6 is 0 Å². The van der Waals surface area contributed by atoms with E-state index >= 15 is 0 Å². The number of rotatable bonds is 6. The number of carbonyl (C=O) groups excluding carboxylic acids is 2. The van der Waals surface area contributed by atoms with Gasteiger partial charge in [0.15, 0.2) is 0 Å². The van der Waals surface area contributed by atoms with Crippen LogP contribution in [0, 0.1) is 0 Å². The van der Waals surface area contributed by atoms with Crippen molar-refractivity contribution in [2.24, 2.45) is 0 Å². The van der Waals surface area contributed by atoms with E-state index in [-0.39, 0.29) is 11.8 Å². The molecule has 0 bridgehead atoms. The first-order chi connectivity index (χ1) is 15.2. The molecule has 5 nitrogen and oxygen atoms in total. The number of amides is 2. The lowest BCUT2D eigenvalue weighted by Crippen LogP contribution is -2.25. The van der Waals surface area contributed by atoms with Crippen molar-refractivity contribution in [3.05, 3.63) is 120 Å². The van der Waals surface area contributed by atoms with Crippen molar-refractivity contribution in [1.29, 1.82) is 0 Å². The fourth-order valence-corrected chi connectivity index (χ4v) is 3.21. The third-order valence-corrected chi connectivity index (χ3v) is 4.85.